The molecule has 0 fully saturated rings. The molecule has 0 aliphatic heterocycles. The van der Waals surface area contributed by atoms with E-state index in [0.29, 0.717) is 13.2 Å². The highest BCUT2D eigenvalue weighted by atomic mass is 32.2. The lowest BCUT2D eigenvalue weighted by Crippen LogP contribution is -2.27. The molecule has 0 atom stereocenters. The molecule has 118 valence electrons. The summed E-state index contributed by atoms with van der Waals surface area (Å²) in [4.78, 5) is 11.6. The monoisotopic (exact) mass is 313 g/mol. The predicted octanol–water partition coefficient (Wildman–Crippen LogP) is 1.45. The Balaban J connectivity index is 2.39. The Morgan fingerprint density at radius 2 is 2.00 bits per heavy atom. The number of carbonyl (C=O) groups excluding carboxylic acids is 1. The first-order valence-corrected chi connectivity index (χ1v) is 8.77. The minimum absolute atomic E-state index is 0.00119. The molecule has 1 amide bonds. The maximum Gasteiger partial charge on any atom is 0.221 e. The molecule has 0 aliphatic carbocycles. The second kappa shape index (κ2) is 8.79. The van der Waals surface area contributed by atoms with E-state index in [2.05, 4.69) is 5.32 Å². The van der Waals surface area contributed by atoms with E-state index in [1.165, 1.54) is 0 Å². The maximum atomic E-state index is 12.0. The van der Waals surface area contributed by atoms with Gasteiger partial charge >= 0.3 is 0 Å². The number of aryl methyl sites for hydroxylation is 1. The van der Waals surface area contributed by atoms with Crippen molar-refractivity contribution in [3.63, 3.8) is 0 Å². The van der Waals surface area contributed by atoms with Crippen molar-refractivity contribution < 1.29 is 17.9 Å². The first kappa shape index (κ1) is 17.7. The Morgan fingerprint density at radius 1 is 1.29 bits per heavy atom. The zero-order chi connectivity index (χ0) is 15.7. The van der Waals surface area contributed by atoms with Gasteiger partial charge in [-0.1, -0.05) is 24.3 Å². The Hall–Kier alpha value is -1.40. The highest BCUT2D eigenvalue weighted by Gasteiger charge is 2.15. The Kier molecular flexibility index (Phi) is 7.39. The van der Waals surface area contributed by atoms with Crippen LogP contribution in [0, 0.1) is 6.92 Å². The molecule has 1 aromatic rings. The van der Waals surface area contributed by atoms with Gasteiger partial charge in [-0.2, -0.15) is 0 Å². The van der Waals surface area contributed by atoms with Crippen LogP contribution in [0.1, 0.15) is 24.0 Å². The molecule has 0 aromatic heterocycles. The molecule has 0 saturated carbocycles. The fourth-order valence-corrected chi connectivity index (χ4v) is 3.30. The van der Waals surface area contributed by atoms with Crippen LogP contribution >= 0.6 is 0 Å². The van der Waals surface area contributed by atoms with Gasteiger partial charge in [-0.05, 0) is 24.5 Å². The third-order valence-electron chi connectivity index (χ3n) is 3.12. The summed E-state index contributed by atoms with van der Waals surface area (Å²) in [5.41, 5.74) is 1.74. The van der Waals surface area contributed by atoms with Crippen LogP contribution in [0.15, 0.2) is 24.3 Å². The molecular weight excluding hydrogens is 290 g/mol. The molecule has 0 aliphatic rings. The summed E-state index contributed by atoms with van der Waals surface area (Å²) in [5, 5.41) is 2.68. The number of rotatable bonds is 9. The van der Waals surface area contributed by atoms with Crippen LogP contribution in [0.2, 0.25) is 0 Å². The standard InChI is InChI=1S/C15H23NO4S/c1-13-6-3-4-7-14(13)12-21(18,19)11-8-15(17)16-9-5-10-20-2/h3-4,6-7H,5,8-12H2,1-2H3,(H,16,17). The van der Waals surface area contributed by atoms with Crippen molar-refractivity contribution in [1.82, 2.24) is 5.32 Å². The van der Waals surface area contributed by atoms with Gasteiger partial charge in [0.15, 0.2) is 9.84 Å². The number of hydrogen-bond acceptors (Lipinski definition) is 4. The number of methoxy groups -OCH3 is 1. The summed E-state index contributed by atoms with van der Waals surface area (Å²) >= 11 is 0. The summed E-state index contributed by atoms with van der Waals surface area (Å²) in [6.07, 6.45) is 0.722. The minimum Gasteiger partial charge on any atom is -0.385 e. The molecule has 0 heterocycles. The topological polar surface area (TPSA) is 72.5 Å². The Bertz CT molecular complexity index is 555. The largest absolute Gasteiger partial charge is 0.385 e. The number of sulfone groups is 1. The summed E-state index contributed by atoms with van der Waals surface area (Å²) in [5.74, 6) is -0.381. The zero-order valence-electron chi connectivity index (χ0n) is 12.6. The van der Waals surface area contributed by atoms with Gasteiger partial charge in [-0.3, -0.25) is 4.79 Å². The summed E-state index contributed by atoms with van der Waals surface area (Å²) in [7, 11) is -1.68. The highest BCUT2D eigenvalue weighted by molar-refractivity contribution is 7.90. The lowest BCUT2D eigenvalue weighted by molar-refractivity contribution is -0.120. The van der Waals surface area contributed by atoms with Gasteiger partial charge in [0.05, 0.1) is 11.5 Å². The van der Waals surface area contributed by atoms with Gasteiger partial charge in [0, 0.05) is 26.7 Å². The van der Waals surface area contributed by atoms with Crippen LogP contribution in [0.4, 0.5) is 0 Å². The van der Waals surface area contributed by atoms with Crippen LogP contribution in [-0.4, -0.2) is 40.3 Å². The van der Waals surface area contributed by atoms with E-state index in [1.807, 2.05) is 25.1 Å². The van der Waals surface area contributed by atoms with Crippen molar-refractivity contribution in [2.24, 2.45) is 0 Å². The number of benzene rings is 1. The molecule has 0 saturated heterocycles. The fourth-order valence-electron chi connectivity index (χ4n) is 1.86. The predicted molar refractivity (Wildman–Crippen MR) is 82.8 cm³/mol. The quantitative estimate of drug-likeness (QED) is 0.700. The first-order chi connectivity index (χ1) is 9.94. The van der Waals surface area contributed by atoms with E-state index in [0.717, 1.165) is 17.5 Å². The molecule has 5 nitrogen and oxygen atoms in total. The highest BCUT2D eigenvalue weighted by Crippen LogP contribution is 2.12. The molecule has 6 heteroatoms. The van der Waals surface area contributed by atoms with Gasteiger partial charge in [0.25, 0.3) is 0 Å². The molecule has 1 aromatic carbocycles. The smallest absolute Gasteiger partial charge is 0.221 e. The summed E-state index contributed by atoms with van der Waals surface area (Å²) in [6.45, 7) is 2.96. The average molecular weight is 313 g/mol. The van der Waals surface area contributed by atoms with E-state index in [1.54, 1.807) is 13.2 Å². The average Bonchev–Trinajstić information content (AvgIpc) is 2.44. The summed E-state index contributed by atoms with van der Waals surface area (Å²) < 4.78 is 28.9. The number of nitrogens with one attached hydrogen (secondary N) is 1. The lowest BCUT2D eigenvalue weighted by atomic mass is 10.1. The molecule has 1 N–H and O–H groups in total. The number of ether oxygens (including phenoxy) is 1. The van der Waals surface area contributed by atoms with Crippen molar-refractivity contribution in [2.75, 3.05) is 26.0 Å². The molecule has 0 spiro atoms. The van der Waals surface area contributed by atoms with Crippen molar-refractivity contribution in [3.05, 3.63) is 35.4 Å². The maximum absolute atomic E-state index is 12.0. The lowest BCUT2D eigenvalue weighted by Gasteiger charge is -2.08. The van der Waals surface area contributed by atoms with Crippen LogP contribution in [0.5, 0.6) is 0 Å². The molecule has 0 unspecified atom stereocenters. The second-order valence-corrected chi connectivity index (χ2v) is 7.15. The SMILES string of the molecule is COCCCNC(=O)CCS(=O)(=O)Cc1ccccc1C. The number of carbonyl (C=O) groups is 1. The first-order valence-electron chi connectivity index (χ1n) is 6.95. The molecule has 0 radical (unpaired) electrons. The summed E-state index contributed by atoms with van der Waals surface area (Å²) in [6, 6.07) is 7.38. The third-order valence-corrected chi connectivity index (χ3v) is 4.70. The number of amides is 1. The van der Waals surface area contributed by atoms with Crippen LogP contribution < -0.4 is 5.32 Å². The minimum atomic E-state index is -3.27. The molecule has 21 heavy (non-hydrogen) atoms. The van der Waals surface area contributed by atoms with E-state index in [4.69, 9.17) is 4.74 Å². The number of hydrogen-bond donors (Lipinski definition) is 1. The molecule has 1 rings (SSSR count). The normalized spacial score (nSPS) is 11.3. The van der Waals surface area contributed by atoms with Gasteiger partial charge in [0.1, 0.15) is 0 Å². The Morgan fingerprint density at radius 3 is 2.67 bits per heavy atom. The van der Waals surface area contributed by atoms with E-state index in [-0.39, 0.29) is 23.8 Å². The molecular formula is C15H23NO4S. The fraction of sp³-hybridized carbons (Fsp3) is 0.533. The third kappa shape index (κ3) is 7.24. The zero-order valence-corrected chi connectivity index (χ0v) is 13.4. The van der Waals surface area contributed by atoms with Gasteiger partial charge in [-0.15, -0.1) is 0 Å². The van der Waals surface area contributed by atoms with Crippen LogP contribution in [-0.2, 0) is 25.1 Å². The van der Waals surface area contributed by atoms with Crippen molar-refractivity contribution in [2.45, 2.75) is 25.5 Å². The van der Waals surface area contributed by atoms with Crippen molar-refractivity contribution in [3.8, 4) is 0 Å². The van der Waals surface area contributed by atoms with Crippen LogP contribution in [0.3, 0.4) is 0 Å². The van der Waals surface area contributed by atoms with E-state index in [9.17, 15) is 13.2 Å². The van der Waals surface area contributed by atoms with Crippen molar-refractivity contribution in [1.29, 1.82) is 0 Å². The van der Waals surface area contributed by atoms with Crippen LogP contribution in [0.25, 0.3) is 0 Å². The van der Waals surface area contributed by atoms with E-state index < -0.39 is 9.84 Å². The van der Waals surface area contributed by atoms with E-state index >= 15 is 0 Å². The van der Waals surface area contributed by atoms with Gasteiger partial charge in [-0.25, -0.2) is 8.42 Å². The van der Waals surface area contributed by atoms with Gasteiger partial charge < -0.3 is 10.1 Å². The molecule has 0 bridgehead atoms. The van der Waals surface area contributed by atoms with Crippen molar-refractivity contribution >= 4 is 15.7 Å². The van der Waals surface area contributed by atoms with Gasteiger partial charge in [0.2, 0.25) is 5.91 Å². The second-order valence-electron chi connectivity index (χ2n) is 4.96. The Labute approximate surface area is 126 Å².